The van der Waals surface area contributed by atoms with Crippen molar-refractivity contribution in [3.05, 3.63) is 62.8 Å². The molecule has 0 saturated carbocycles. The number of para-hydroxylation sites is 1. The maximum Gasteiger partial charge on any atom is 0.0961 e. The molecule has 2 aromatic carbocycles. The van der Waals surface area contributed by atoms with E-state index in [-0.39, 0.29) is 0 Å². The molecule has 0 amide bonds. The van der Waals surface area contributed by atoms with Crippen LogP contribution in [0.15, 0.2) is 47.2 Å². The van der Waals surface area contributed by atoms with Crippen molar-refractivity contribution < 1.29 is 0 Å². The van der Waals surface area contributed by atoms with Crippen LogP contribution in [-0.4, -0.2) is 9.55 Å². The first-order valence-corrected chi connectivity index (χ1v) is 7.24. The topological polar surface area (TPSA) is 17.8 Å². The Morgan fingerprint density at radius 2 is 1.74 bits per heavy atom. The molecule has 0 atom stereocenters. The fourth-order valence-electron chi connectivity index (χ4n) is 2.06. The van der Waals surface area contributed by atoms with E-state index in [2.05, 4.69) is 20.9 Å². The van der Waals surface area contributed by atoms with Crippen molar-refractivity contribution >= 4 is 50.2 Å². The number of hydrogen-bond acceptors (Lipinski definition) is 1. The number of rotatable bonds is 2. The molecule has 19 heavy (non-hydrogen) atoms. The van der Waals surface area contributed by atoms with Crippen LogP contribution in [0.5, 0.6) is 0 Å². The van der Waals surface area contributed by atoms with Gasteiger partial charge in [-0.25, -0.2) is 4.98 Å². The Labute approximate surface area is 129 Å². The first-order valence-electron chi connectivity index (χ1n) is 5.69. The van der Waals surface area contributed by atoms with Gasteiger partial charge in [-0.15, -0.1) is 0 Å². The molecule has 0 spiro atoms. The number of imidazole rings is 1. The Bertz CT molecular complexity index is 732. The predicted molar refractivity (Wildman–Crippen MR) is 83.0 cm³/mol. The van der Waals surface area contributed by atoms with E-state index in [4.69, 9.17) is 23.2 Å². The predicted octanol–water partition coefficient (Wildman–Crippen LogP) is 5.15. The zero-order valence-electron chi connectivity index (χ0n) is 9.78. The van der Waals surface area contributed by atoms with Crippen molar-refractivity contribution in [2.75, 3.05) is 0 Å². The summed E-state index contributed by atoms with van der Waals surface area (Å²) in [6, 6.07) is 11.5. The second kappa shape index (κ2) is 5.16. The van der Waals surface area contributed by atoms with Crippen molar-refractivity contribution in [1.82, 2.24) is 9.55 Å². The molecule has 0 unspecified atom stereocenters. The second-order valence-electron chi connectivity index (χ2n) is 4.18. The van der Waals surface area contributed by atoms with Crippen LogP contribution >= 0.6 is 39.1 Å². The Kier molecular flexibility index (Phi) is 3.52. The maximum atomic E-state index is 6.21. The number of halogens is 3. The van der Waals surface area contributed by atoms with Crippen molar-refractivity contribution in [3.63, 3.8) is 0 Å². The van der Waals surface area contributed by atoms with E-state index in [0.717, 1.165) is 21.1 Å². The van der Waals surface area contributed by atoms with E-state index >= 15 is 0 Å². The zero-order chi connectivity index (χ0) is 13.4. The van der Waals surface area contributed by atoms with E-state index < -0.39 is 0 Å². The number of benzene rings is 2. The van der Waals surface area contributed by atoms with Crippen LogP contribution < -0.4 is 0 Å². The Hall–Kier alpha value is -1.03. The van der Waals surface area contributed by atoms with Crippen LogP contribution in [0.1, 0.15) is 5.56 Å². The number of nitrogens with zero attached hydrogens (tertiary/aromatic N) is 2. The summed E-state index contributed by atoms with van der Waals surface area (Å²) in [5.41, 5.74) is 2.89. The Morgan fingerprint density at radius 1 is 1.05 bits per heavy atom. The van der Waals surface area contributed by atoms with Crippen LogP contribution in [0.2, 0.25) is 10.0 Å². The Morgan fingerprint density at radius 3 is 2.47 bits per heavy atom. The molecule has 0 fully saturated rings. The summed E-state index contributed by atoms with van der Waals surface area (Å²) < 4.78 is 3.04. The molecule has 1 heterocycles. The van der Waals surface area contributed by atoms with E-state index in [0.29, 0.717) is 16.6 Å². The number of aromatic nitrogens is 2. The fraction of sp³-hybridized carbons (Fsp3) is 0.0714. The third kappa shape index (κ3) is 2.38. The highest BCUT2D eigenvalue weighted by Gasteiger charge is 2.10. The van der Waals surface area contributed by atoms with Crippen LogP contribution in [-0.2, 0) is 6.54 Å². The molecule has 0 saturated heterocycles. The van der Waals surface area contributed by atoms with Gasteiger partial charge in [0.15, 0.2) is 0 Å². The summed E-state index contributed by atoms with van der Waals surface area (Å²) in [5.74, 6) is 0. The van der Waals surface area contributed by atoms with Crippen molar-refractivity contribution in [2.45, 2.75) is 6.54 Å². The normalized spacial score (nSPS) is 11.1. The van der Waals surface area contributed by atoms with Gasteiger partial charge in [-0.3, -0.25) is 0 Å². The SMILES string of the molecule is Clc1cccc(Cl)c1Cn1cnc2cccc(Br)c21. The van der Waals surface area contributed by atoms with Gasteiger partial charge in [0, 0.05) is 20.1 Å². The first-order chi connectivity index (χ1) is 9.16. The lowest BCUT2D eigenvalue weighted by atomic mass is 10.2. The highest BCUT2D eigenvalue weighted by Crippen LogP contribution is 2.28. The van der Waals surface area contributed by atoms with Gasteiger partial charge in [-0.1, -0.05) is 35.3 Å². The summed E-state index contributed by atoms with van der Waals surface area (Å²) in [7, 11) is 0. The largest absolute Gasteiger partial charge is 0.325 e. The quantitative estimate of drug-likeness (QED) is 0.621. The Balaban J connectivity index is 2.12. The molecule has 0 aliphatic rings. The molecular formula is C14H9BrCl2N2. The average Bonchev–Trinajstić information content (AvgIpc) is 2.79. The van der Waals surface area contributed by atoms with E-state index in [9.17, 15) is 0 Å². The molecule has 0 bridgehead atoms. The zero-order valence-corrected chi connectivity index (χ0v) is 12.9. The monoisotopic (exact) mass is 354 g/mol. The molecule has 3 rings (SSSR count). The minimum absolute atomic E-state index is 0.595. The minimum Gasteiger partial charge on any atom is -0.325 e. The third-order valence-corrected chi connectivity index (χ3v) is 4.33. The average molecular weight is 356 g/mol. The molecule has 3 aromatic rings. The van der Waals surface area contributed by atoms with Gasteiger partial charge in [0.1, 0.15) is 0 Å². The lowest BCUT2D eigenvalue weighted by Crippen LogP contribution is -2.00. The fourth-order valence-corrected chi connectivity index (χ4v) is 3.16. The van der Waals surface area contributed by atoms with Gasteiger partial charge in [0.25, 0.3) is 0 Å². The molecule has 2 nitrogen and oxygen atoms in total. The van der Waals surface area contributed by atoms with Crippen molar-refractivity contribution in [1.29, 1.82) is 0 Å². The lowest BCUT2D eigenvalue weighted by Gasteiger charge is -2.09. The summed E-state index contributed by atoms with van der Waals surface area (Å²) >= 11 is 16.0. The van der Waals surface area contributed by atoms with Gasteiger partial charge >= 0.3 is 0 Å². The van der Waals surface area contributed by atoms with Gasteiger partial charge in [-0.2, -0.15) is 0 Å². The third-order valence-electron chi connectivity index (χ3n) is 2.98. The molecule has 0 N–H and O–H groups in total. The summed E-state index contributed by atoms with van der Waals surface area (Å²) in [6.45, 7) is 0.595. The highest BCUT2D eigenvalue weighted by atomic mass is 79.9. The van der Waals surface area contributed by atoms with Crippen LogP contribution in [0.3, 0.4) is 0 Å². The van der Waals surface area contributed by atoms with Crippen LogP contribution in [0, 0.1) is 0 Å². The van der Waals surface area contributed by atoms with E-state index in [1.54, 1.807) is 6.33 Å². The van der Waals surface area contributed by atoms with E-state index in [1.165, 1.54) is 0 Å². The van der Waals surface area contributed by atoms with Gasteiger partial charge in [-0.05, 0) is 40.2 Å². The van der Waals surface area contributed by atoms with Gasteiger partial charge < -0.3 is 4.57 Å². The van der Waals surface area contributed by atoms with Crippen LogP contribution in [0.4, 0.5) is 0 Å². The standard InChI is InChI=1S/C14H9BrCl2N2/c15-10-3-1-6-13-14(10)19(8-18-13)7-9-11(16)4-2-5-12(9)17/h1-6,8H,7H2. The van der Waals surface area contributed by atoms with Crippen molar-refractivity contribution in [3.8, 4) is 0 Å². The molecular weight excluding hydrogens is 347 g/mol. The summed E-state index contributed by atoms with van der Waals surface area (Å²) in [5, 5.41) is 1.34. The number of hydrogen-bond donors (Lipinski definition) is 0. The molecule has 0 aliphatic carbocycles. The molecule has 1 aromatic heterocycles. The van der Waals surface area contributed by atoms with Crippen LogP contribution in [0.25, 0.3) is 11.0 Å². The maximum absolute atomic E-state index is 6.21. The molecule has 0 aliphatic heterocycles. The van der Waals surface area contributed by atoms with Gasteiger partial charge in [0.05, 0.1) is 23.9 Å². The molecule has 0 radical (unpaired) electrons. The smallest absolute Gasteiger partial charge is 0.0961 e. The molecule has 96 valence electrons. The number of fused-ring (bicyclic) bond motifs is 1. The minimum atomic E-state index is 0.595. The van der Waals surface area contributed by atoms with E-state index in [1.807, 2.05) is 41.0 Å². The first kappa shape index (κ1) is 13.0. The van der Waals surface area contributed by atoms with Gasteiger partial charge in [0.2, 0.25) is 0 Å². The highest BCUT2D eigenvalue weighted by molar-refractivity contribution is 9.10. The summed E-state index contributed by atoms with van der Waals surface area (Å²) in [6.07, 6.45) is 1.80. The summed E-state index contributed by atoms with van der Waals surface area (Å²) in [4.78, 5) is 4.38. The molecule has 5 heteroatoms. The lowest BCUT2D eigenvalue weighted by molar-refractivity contribution is 0.823. The van der Waals surface area contributed by atoms with Crippen molar-refractivity contribution in [2.24, 2.45) is 0 Å². The second-order valence-corrected chi connectivity index (χ2v) is 5.85.